The lowest BCUT2D eigenvalue weighted by molar-refractivity contribution is 0.0600. The van der Waals surface area contributed by atoms with Crippen molar-refractivity contribution in [3.05, 3.63) is 68.8 Å². The van der Waals surface area contributed by atoms with Crippen LogP contribution in [0.5, 0.6) is 0 Å². The fraction of sp³-hybridized carbons (Fsp3) is 0.300. The molecule has 0 aromatic heterocycles. The van der Waals surface area contributed by atoms with Crippen LogP contribution >= 0.6 is 22.6 Å². The zero-order valence-electron chi connectivity index (χ0n) is 14.7. The van der Waals surface area contributed by atoms with Gasteiger partial charge in [0.1, 0.15) is 0 Å². The Labute approximate surface area is 167 Å². The van der Waals surface area contributed by atoms with Crippen molar-refractivity contribution in [1.29, 1.82) is 0 Å². The molecular weight excluding hydrogens is 443 g/mol. The average Bonchev–Trinajstić information content (AvgIpc) is 2.67. The van der Waals surface area contributed by atoms with Crippen molar-refractivity contribution in [2.75, 3.05) is 33.3 Å². The third-order valence-electron chi connectivity index (χ3n) is 4.47. The minimum Gasteiger partial charge on any atom is -0.465 e. The van der Waals surface area contributed by atoms with E-state index < -0.39 is 5.97 Å². The molecule has 0 bridgehead atoms. The first kappa shape index (κ1) is 18.8. The van der Waals surface area contributed by atoms with Crippen molar-refractivity contribution >= 4 is 34.5 Å². The summed E-state index contributed by atoms with van der Waals surface area (Å²) >= 11 is 2.11. The predicted octanol–water partition coefficient (Wildman–Crippen LogP) is 3.04. The third-order valence-corrected chi connectivity index (χ3v) is 5.10. The Hall–Kier alpha value is -1.93. The number of methoxy groups -OCH3 is 1. The Bertz CT molecular complexity index is 787. The molecule has 1 heterocycles. The van der Waals surface area contributed by atoms with Gasteiger partial charge >= 0.3 is 5.97 Å². The Kier molecular flexibility index (Phi) is 6.26. The molecule has 0 N–H and O–H groups in total. The number of halogens is 1. The van der Waals surface area contributed by atoms with Gasteiger partial charge in [-0.15, -0.1) is 0 Å². The summed E-state index contributed by atoms with van der Waals surface area (Å²) in [6.07, 6.45) is 0. The van der Waals surface area contributed by atoms with Gasteiger partial charge in [-0.2, -0.15) is 0 Å². The minimum absolute atomic E-state index is 0.0342. The Morgan fingerprint density at radius 2 is 1.65 bits per heavy atom. The number of ether oxygens (including phenoxy) is 1. The molecule has 26 heavy (non-hydrogen) atoms. The molecule has 5 nitrogen and oxygen atoms in total. The smallest absolute Gasteiger partial charge is 0.337 e. The molecule has 0 aliphatic carbocycles. The van der Waals surface area contributed by atoms with E-state index in [-0.39, 0.29) is 5.91 Å². The zero-order chi connectivity index (χ0) is 18.5. The van der Waals surface area contributed by atoms with E-state index in [1.165, 1.54) is 12.7 Å². The van der Waals surface area contributed by atoms with Gasteiger partial charge in [0.25, 0.3) is 5.91 Å². The molecule has 136 valence electrons. The first-order valence-corrected chi connectivity index (χ1v) is 9.59. The number of carbonyl (C=O) groups is 2. The normalized spacial score (nSPS) is 14.9. The molecular formula is C20H21IN2O3. The number of piperazine rings is 1. The SMILES string of the molecule is COC(=O)c1cc(I)cc(C(=O)N2CCN(Cc3ccccc3)CC2)c1. The van der Waals surface area contributed by atoms with Crippen LogP contribution in [0, 0.1) is 3.57 Å². The molecule has 0 saturated carbocycles. The number of benzene rings is 2. The van der Waals surface area contributed by atoms with Crippen molar-refractivity contribution in [2.45, 2.75) is 6.54 Å². The number of rotatable bonds is 4. The van der Waals surface area contributed by atoms with Crippen molar-refractivity contribution in [2.24, 2.45) is 0 Å². The molecule has 0 atom stereocenters. The summed E-state index contributed by atoms with van der Waals surface area (Å²) in [6, 6.07) is 15.5. The first-order valence-electron chi connectivity index (χ1n) is 8.51. The summed E-state index contributed by atoms with van der Waals surface area (Å²) in [6.45, 7) is 3.96. The number of hydrogen-bond donors (Lipinski definition) is 0. The van der Waals surface area contributed by atoms with Gasteiger partial charge in [-0.25, -0.2) is 4.79 Å². The van der Waals surface area contributed by atoms with Gasteiger partial charge in [-0.1, -0.05) is 30.3 Å². The standard InChI is InChI=1S/C20H21IN2O3/c1-26-20(25)17-11-16(12-18(21)13-17)19(24)23-9-7-22(8-10-23)14-15-5-3-2-4-6-15/h2-6,11-13H,7-10,14H2,1H3. The lowest BCUT2D eigenvalue weighted by Gasteiger charge is -2.34. The molecule has 0 unspecified atom stereocenters. The highest BCUT2D eigenvalue weighted by Gasteiger charge is 2.23. The third kappa shape index (κ3) is 4.62. The largest absolute Gasteiger partial charge is 0.465 e. The van der Waals surface area contributed by atoms with Crippen LogP contribution in [0.3, 0.4) is 0 Å². The highest BCUT2D eigenvalue weighted by Crippen LogP contribution is 2.17. The van der Waals surface area contributed by atoms with E-state index in [9.17, 15) is 9.59 Å². The fourth-order valence-electron chi connectivity index (χ4n) is 3.08. The maximum absolute atomic E-state index is 12.8. The van der Waals surface area contributed by atoms with E-state index in [2.05, 4.69) is 39.6 Å². The second-order valence-electron chi connectivity index (χ2n) is 6.27. The van der Waals surface area contributed by atoms with E-state index in [1.807, 2.05) is 29.2 Å². The van der Waals surface area contributed by atoms with Gasteiger partial charge in [0.2, 0.25) is 0 Å². The maximum Gasteiger partial charge on any atom is 0.337 e. The highest BCUT2D eigenvalue weighted by molar-refractivity contribution is 14.1. The van der Waals surface area contributed by atoms with E-state index in [0.29, 0.717) is 24.2 Å². The molecule has 1 aliphatic heterocycles. The topological polar surface area (TPSA) is 49.9 Å². The zero-order valence-corrected chi connectivity index (χ0v) is 16.8. The van der Waals surface area contributed by atoms with Crippen LogP contribution in [-0.2, 0) is 11.3 Å². The molecule has 3 rings (SSSR count). The average molecular weight is 464 g/mol. The second-order valence-corrected chi connectivity index (χ2v) is 7.52. The van der Waals surface area contributed by atoms with Crippen molar-refractivity contribution < 1.29 is 14.3 Å². The quantitative estimate of drug-likeness (QED) is 0.516. The van der Waals surface area contributed by atoms with Gasteiger partial charge in [-0.3, -0.25) is 9.69 Å². The Morgan fingerprint density at radius 1 is 1.00 bits per heavy atom. The summed E-state index contributed by atoms with van der Waals surface area (Å²) in [5.41, 5.74) is 2.23. The van der Waals surface area contributed by atoms with Crippen LogP contribution in [0.2, 0.25) is 0 Å². The number of amides is 1. The molecule has 1 aliphatic rings. The van der Waals surface area contributed by atoms with Crippen molar-refractivity contribution in [3.8, 4) is 0 Å². The van der Waals surface area contributed by atoms with Gasteiger partial charge in [-0.05, 0) is 46.4 Å². The number of esters is 1. The Balaban J connectivity index is 1.63. The summed E-state index contributed by atoms with van der Waals surface area (Å²) < 4.78 is 5.61. The van der Waals surface area contributed by atoms with Gasteiger partial charge in [0, 0.05) is 41.9 Å². The predicted molar refractivity (Wildman–Crippen MR) is 108 cm³/mol. The van der Waals surface area contributed by atoms with Crippen LogP contribution in [0.25, 0.3) is 0 Å². The van der Waals surface area contributed by atoms with Crippen LogP contribution in [0.15, 0.2) is 48.5 Å². The van der Waals surface area contributed by atoms with E-state index >= 15 is 0 Å². The summed E-state index contributed by atoms with van der Waals surface area (Å²) in [5, 5.41) is 0. The monoisotopic (exact) mass is 464 g/mol. The fourth-order valence-corrected chi connectivity index (χ4v) is 3.75. The summed E-state index contributed by atoms with van der Waals surface area (Å²) in [4.78, 5) is 28.8. The maximum atomic E-state index is 12.8. The molecule has 1 fully saturated rings. The lowest BCUT2D eigenvalue weighted by Crippen LogP contribution is -2.48. The number of nitrogens with zero attached hydrogens (tertiary/aromatic N) is 2. The van der Waals surface area contributed by atoms with Crippen molar-refractivity contribution in [3.63, 3.8) is 0 Å². The summed E-state index contributed by atoms with van der Waals surface area (Å²) in [7, 11) is 1.34. The van der Waals surface area contributed by atoms with Gasteiger partial charge in [0.05, 0.1) is 12.7 Å². The lowest BCUT2D eigenvalue weighted by atomic mass is 10.1. The molecule has 0 radical (unpaired) electrons. The number of hydrogen-bond acceptors (Lipinski definition) is 4. The van der Waals surface area contributed by atoms with E-state index in [0.717, 1.165) is 23.2 Å². The molecule has 2 aromatic carbocycles. The van der Waals surface area contributed by atoms with E-state index in [1.54, 1.807) is 12.1 Å². The van der Waals surface area contributed by atoms with Crippen LogP contribution in [0.4, 0.5) is 0 Å². The molecule has 1 saturated heterocycles. The van der Waals surface area contributed by atoms with Gasteiger partial charge in [0.15, 0.2) is 0 Å². The Morgan fingerprint density at radius 3 is 2.31 bits per heavy atom. The first-order chi connectivity index (χ1) is 12.6. The molecule has 2 aromatic rings. The van der Waals surface area contributed by atoms with Gasteiger partial charge < -0.3 is 9.64 Å². The van der Waals surface area contributed by atoms with Crippen molar-refractivity contribution in [1.82, 2.24) is 9.80 Å². The summed E-state index contributed by atoms with van der Waals surface area (Å²) in [5.74, 6) is -0.460. The minimum atomic E-state index is -0.426. The molecule has 1 amide bonds. The molecule has 6 heteroatoms. The highest BCUT2D eigenvalue weighted by atomic mass is 127. The molecule has 0 spiro atoms. The second kappa shape index (κ2) is 8.64. The van der Waals surface area contributed by atoms with Crippen LogP contribution in [-0.4, -0.2) is 55.0 Å². The number of carbonyl (C=O) groups excluding carboxylic acids is 2. The van der Waals surface area contributed by atoms with E-state index in [4.69, 9.17) is 4.74 Å². The van der Waals surface area contributed by atoms with Crippen LogP contribution < -0.4 is 0 Å². The van der Waals surface area contributed by atoms with Crippen LogP contribution in [0.1, 0.15) is 26.3 Å².